The first-order valence-electron chi connectivity index (χ1n) is 5.97. The fourth-order valence-corrected chi connectivity index (χ4v) is 3.77. The highest BCUT2D eigenvalue weighted by Gasteiger charge is 2.27. The average molecular weight is 285 g/mol. The highest BCUT2D eigenvalue weighted by molar-refractivity contribution is 7.91. The van der Waals surface area contributed by atoms with Crippen molar-refractivity contribution in [1.29, 1.82) is 0 Å². The summed E-state index contributed by atoms with van der Waals surface area (Å²) in [6, 6.07) is 1.16. The van der Waals surface area contributed by atoms with Gasteiger partial charge < -0.3 is 9.67 Å². The number of aromatic nitrogens is 1. The molecule has 0 saturated carbocycles. The van der Waals surface area contributed by atoms with Crippen molar-refractivity contribution < 1.29 is 23.1 Å². The second kappa shape index (κ2) is 4.80. The standard InChI is InChI=1S/C12H15NO5S/c1-8(14)9-6-11(12(15)16)13(7-9)10-2-4-19(17,18)5-3-10/h6-7,10H,2-5H2,1H3,(H,15,16). The lowest BCUT2D eigenvalue weighted by Gasteiger charge is -2.24. The van der Waals surface area contributed by atoms with Gasteiger partial charge in [0.1, 0.15) is 15.5 Å². The minimum absolute atomic E-state index is 0.0366. The Hall–Kier alpha value is -1.63. The Labute approximate surface area is 111 Å². The Morgan fingerprint density at radius 3 is 2.37 bits per heavy atom. The summed E-state index contributed by atoms with van der Waals surface area (Å²) in [6.07, 6.45) is 2.28. The molecule has 1 fully saturated rings. The number of ketones is 1. The predicted molar refractivity (Wildman–Crippen MR) is 68.3 cm³/mol. The van der Waals surface area contributed by atoms with Gasteiger partial charge in [-0.2, -0.15) is 0 Å². The van der Waals surface area contributed by atoms with Gasteiger partial charge in [0.05, 0.1) is 11.5 Å². The van der Waals surface area contributed by atoms with Gasteiger partial charge in [-0.3, -0.25) is 4.79 Å². The van der Waals surface area contributed by atoms with E-state index in [4.69, 9.17) is 5.11 Å². The van der Waals surface area contributed by atoms with E-state index in [1.54, 1.807) is 0 Å². The van der Waals surface area contributed by atoms with Gasteiger partial charge in [-0.25, -0.2) is 13.2 Å². The molecule has 0 bridgehead atoms. The predicted octanol–water partition coefficient (Wildman–Crippen LogP) is 1.14. The zero-order valence-electron chi connectivity index (χ0n) is 10.5. The van der Waals surface area contributed by atoms with Crippen LogP contribution in [0.25, 0.3) is 0 Å². The van der Waals surface area contributed by atoms with Crippen molar-refractivity contribution in [2.75, 3.05) is 11.5 Å². The van der Waals surface area contributed by atoms with Crippen LogP contribution in [0.5, 0.6) is 0 Å². The highest BCUT2D eigenvalue weighted by atomic mass is 32.2. The highest BCUT2D eigenvalue weighted by Crippen LogP contribution is 2.27. The number of aromatic carboxylic acids is 1. The number of carboxylic acid groups (broad SMARTS) is 1. The maximum absolute atomic E-state index is 11.4. The summed E-state index contributed by atoms with van der Waals surface area (Å²) in [5.74, 6) is -1.19. The van der Waals surface area contributed by atoms with Gasteiger partial charge in [-0.1, -0.05) is 0 Å². The van der Waals surface area contributed by atoms with Gasteiger partial charge in [-0.15, -0.1) is 0 Å². The van der Waals surface area contributed by atoms with E-state index in [0.717, 1.165) is 0 Å². The van der Waals surface area contributed by atoms with Crippen molar-refractivity contribution in [3.05, 3.63) is 23.5 Å². The summed E-state index contributed by atoms with van der Waals surface area (Å²) >= 11 is 0. The maximum Gasteiger partial charge on any atom is 0.352 e. The molecular weight excluding hydrogens is 270 g/mol. The Morgan fingerprint density at radius 2 is 1.89 bits per heavy atom. The first-order chi connectivity index (χ1) is 8.80. The summed E-state index contributed by atoms with van der Waals surface area (Å²) in [7, 11) is -2.99. The van der Waals surface area contributed by atoms with E-state index in [2.05, 4.69) is 0 Å². The number of hydrogen-bond acceptors (Lipinski definition) is 4. The second-order valence-corrected chi connectivity index (χ2v) is 7.07. The number of nitrogens with zero attached hydrogens (tertiary/aromatic N) is 1. The SMILES string of the molecule is CC(=O)c1cc(C(=O)O)n(C2CCS(=O)(=O)CC2)c1. The van der Waals surface area contributed by atoms with Crippen LogP contribution in [0.2, 0.25) is 0 Å². The molecule has 2 rings (SSSR count). The fourth-order valence-electron chi connectivity index (χ4n) is 2.30. The van der Waals surface area contributed by atoms with Crippen LogP contribution in [0.3, 0.4) is 0 Å². The molecule has 0 amide bonds. The van der Waals surface area contributed by atoms with Crippen molar-refractivity contribution in [2.24, 2.45) is 0 Å². The van der Waals surface area contributed by atoms with Crippen molar-refractivity contribution >= 4 is 21.6 Å². The topological polar surface area (TPSA) is 93.4 Å². The lowest BCUT2D eigenvalue weighted by atomic mass is 10.1. The molecule has 1 aromatic rings. The third kappa shape index (κ3) is 2.86. The molecule has 104 valence electrons. The molecule has 0 atom stereocenters. The number of carboxylic acids is 1. The van der Waals surface area contributed by atoms with Crippen LogP contribution in [-0.4, -0.2) is 41.3 Å². The van der Waals surface area contributed by atoms with E-state index in [-0.39, 0.29) is 29.0 Å². The monoisotopic (exact) mass is 285 g/mol. The number of carbonyl (C=O) groups excluding carboxylic acids is 1. The van der Waals surface area contributed by atoms with Crippen LogP contribution in [-0.2, 0) is 9.84 Å². The number of Topliss-reactive ketones (excluding diaryl/α,β-unsaturated/α-hetero) is 1. The lowest BCUT2D eigenvalue weighted by molar-refractivity contribution is 0.0682. The molecule has 6 nitrogen and oxygen atoms in total. The third-order valence-electron chi connectivity index (χ3n) is 3.39. The van der Waals surface area contributed by atoms with E-state index in [1.165, 1.54) is 23.8 Å². The molecule has 19 heavy (non-hydrogen) atoms. The maximum atomic E-state index is 11.4. The van der Waals surface area contributed by atoms with E-state index in [1.807, 2.05) is 0 Å². The van der Waals surface area contributed by atoms with Crippen LogP contribution < -0.4 is 0 Å². The average Bonchev–Trinajstić information content (AvgIpc) is 2.74. The molecule has 0 aromatic carbocycles. The van der Waals surface area contributed by atoms with Gasteiger partial charge in [-0.05, 0) is 25.8 Å². The van der Waals surface area contributed by atoms with Gasteiger partial charge in [0.25, 0.3) is 0 Å². The summed E-state index contributed by atoms with van der Waals surface area (Å²) in [6.45, 7) is 1.37. The quantitative estimate of drug-likeness (QED) is 0.840. The van der Waals surface area contributed by atoms with Gasteiger partial charge in [0.15, 0.2) is 5.78 Å². The van der Waals surface area contributed by atoms with E-state index >= 15 is 0 Å². The number of hydrogen-bond donors (Lipinski definition) is 1. The van der Waals surface area contributed by atoms with E-state index in [0.29, 0.717) is 18.4 Å². The first-order valence-corrected chi connectivity index (χ1v) is 7.79. The molecule has 7 heteroatoms. The largest absolute Gasteiger partial charge is 0.477 e. The van der Waals surface area contributed by atoms with E-state index < -0.39 is 15.8 Å². The van der Waals surface area contributed by atoms with Crippen molar-refractivity contribution in [3.8, 4) is 0 Å². The fraction of sp³-hybridized carbons (Fsp3) is 0.500. The molecule has 1 aliphatic heterocycles. The summed E-state index contributed by atoms with van der Waals surface area (Å²) < 4.78 is 24.3. The van der Waals surface area contributed by atoms with Crippen molar-refractivity contribution in [3.63, 3.8) is 0 Å². The summed E-state index contributed by atoms with van der Waals surface area (Å²) in [4.78, 5) is 22.5. The molecule has 1 aromatic heterocycles. The second-order valence-electron chi connectivity index (χ2n) is 4.77. The first kappa shape index (κ1) is 13.8. The summed E-state index contributed by atoms with van der Waals surface area (Å²) in [5, 5.41) is 9.14. The number of rotatable bonds is 3. The van der Waals surface area contributed by atoms with E-state index in [9.17, 15) is 18.0 Å². The Kier molecular flexibility index (Phi) is 3.49. The van der Waals surface area contributed by atoms with Gasteiger partial charge in [0.2, 0.25) is 0 Å². The van der Waals surface area contributed by atoms with Crippen LogP contribution in [0.4, 0.5) is 0 Å². The lowest BCUT2D eigenvalue weighted by Crippen LogP contribution is -2.26. The minimum atomic E-state index is -2.99. The molecule has 2 heterocycles. The molecule has 0 spiro atoms. The molecular formula is C12H15NO5S. The van der Waals surface area contributed by atoms with Gasteiger partial charge in [0, 0.05) is 17.8 Å². The van der Waals surface area contributed by atoms with Crippen molar-refractivity contribution in [1.82, 2.24) is 4.57 Å². The zero-order valence-corrected chi connectivity index (χ0v) is 11.3. The van der Waals surface area contributed by atoms with Crippen LogP contribution in [0.15, 0.2) is 12.3 Å². The Balaban J connectivity index is 2.34. The minimum Gasteiger partial charge on any atom is -0.477 e. The molecule has 1 N–H and O–H groups in total. The van der Waals surface area contributed by atoms with Crippen LogP contribution in [0, 0.1) is 0 Å². The summed E-state index contributed by atoms with van der Waals surface area (Å²) in [5.41, 5.74) is 0.375. The molecule has 1 saturated heterocycles. The van der Waals surface area contributed by atoms with Crippen LogP contribution in [0.1, 0.15) is 46.7 Å². The Morgan fingerprint density at radius 1 is 1.32 bits per heavy atom. The third-order valence-corrected chi connectivity index (χ3v) is 5.11. The molecule has 0 unspecified atom stereocenters. The number of carbonyl (C=O) groups is 2. The smallest absolute Gasteiger partial charge is 0.352 e. The molecule has 0 radical (unpaired) electrons. The van der Waals surface area contributed by atoms with Crippen LogP contribution >= 0.6 is 0 Å². The number of sulfone groups is 1. The zero-order chi connectivity index (χ0) is 14.2. The van der Waals surface area contributed by atoms with Crippen molar-refractivity contribution in [2.45, 2.75) is 25.8 Å². The van der Waals surface area contributed by atoms with Gasteiger partial charge >= 0.3 is 5.97 Å². The Bertz CT molecular complexity index is 615. The molecule has 0 aliphatic carbocycles. The normalized spacial score (nSPS) is 19.2. The molecule has 1 aliphatic rings.